The van der Waals surface area contributed by atoms with E-state index in [0.717, 1.165) is 19.4 Å². The summed E-state index contributed by atoms with van der Waals surface area (Å²) in [6.45, 7) is 1.04. The van der Waals surface area contributed by atoms with E-state index in [4.69, 9.17) is 5.11 Å². The van der Waals surface area contributed by atoms with Gasteiger partial charge in [-0.25, -0.2) is 0 Å². The van der Waals surface area contributed by atoms with Gasteiger partial charge in [0.05, 0.1) is 12.7 Å². The highest BCUT2D eigenvalue weighted by Crippen LogP contribution is 2.22. The molecule has 0 radical (unpaired) electrons. The second-order valence-corrected chi connectivity index (χ2v) is 5.36. The van der Waals surface area contributed by atoms with Gasteiger partial charge in [-0.1, -0.05) is 36.4 Å². The fourth-order valence-corrected chi connectivity index (χ4v) is 2.36. The molecule has 2 rings (SSSR count). The first-order chi connectivity index (χ1) is 10.7. The number of benzene rings is 2. The van der Waals surface area contributed by atoms with Crippen molar-refractivity contribution in [1.82, 2.24) is 5.32 Å². The van der Waals surface area contributed by atoms with Crippen molar-refractivity contribution in [2.24, 2.45) is 0 Å². The maximum absolute atomic E-state index is 10.1. The fourth-order valence-electron chi connectivity index (χ4n) is 2.36. The van der Waals surface area contributed by atoms with Gasteiger partial charge in [0.25, 0.3) is 0 Å². The van der Waals surface area contributed by atoms with Gasteiger partial charge in [-0.3, -0.25) is 0 Å². The van der Waals surface area contributed by atoms with Gasteiger partial charge in [-0.05, 0) is 42.6 Å². The van der Waals surface area contributed by atoms with E-state index < -0.39 is 6.10 Å². The van der Waals surface area contributed by atoms with Crippen molar-refractivity contribution in [2.45, 2.75) is 25.6 Å². The lowest BCUT2D eigenvalue weighted by Crippen LogP contribution is -2.23. The summed E-state index contributed by atoms with van der Waals surface area (Å²) in [4.78, 5) is 0. The van der Waals surface area contributed by atoms with E-state index in [0.29, 0.717) is 17.7 Å². The maximum atomic E-state index is 10.1. The second kappa shape index (κ2) is 8.54. The van der Waals surface area contributed by atoms with E-state index in [2.05, 4.69) is 17.4 Å². The molecular formula is C18H23NO3. The van der Waals surface area contributed by atoms with Crippen LogP contribution < -0.4 is 5.32 Å². The minimum atomic E-state index is -0.650. The van der Waals surface area contributed by atoms with Gasteiger partial charge in [0.15, 0.2) is 0 Å². The first-order valence-electron chi connectivity index (χ1n) is 7.56. The summed E-state index contributed by atoms with van der Waals surface area (Å²) < 4.78 is 0. The van der Waals surface area contributed by atoms with Gasteiger partial charge >= 0.3 is 0 Å². The molecule has 0 aliphatic carbocycles. The zero-order chi connectivity index (χ0) is 15.8. The van der Waals surface area contributed by atoms with Crippen LogP contribution >= 0.6 is 0 Å². The molecule has 0 heterocycles. The third kappa shape index (κ3) is 4.84. The molecule has 0 bridgehead atoms. The number of aryl methyl sites for hydroxylation is 1. The third-order valence-electron chi connectivity index (χ3n) is 3.66. The molecule has 4 nitrogen and oxygen atoms in total. The van der Waals surface area contributed by atoms with Crippen LogP contribution in [-0.4, -0.2) is 28.4 Å². The predicted octanol–water partition coefficient (Wildman–Crippen LogP) is 2.14. The largest absolute Gasteiger partial charge is 0.508 e. The molecule has 0 aliphatic heterocycles. The molecule has 2 aromatic rings. The fraction of sp³-hybridized carbons (Fsp3) is 0.333. The van der Waals surface area contributed by atoms with Crippen LogP contribution in [0, 0.1) is 0 Å². The third-order valence-corrected chi connectivity index (χ3v) is 3.66. The van der Waals surface area contributed by atoms with E-state index in [1.54, 1.807) is 12.1 Å². The SMILES string of the molecule is OCc1cc(C(O)CNCCCc2ccccc2)ccc1O. The first kappa shape index (κ1) is 16.5. The normalized spacial score (nSPS) is 12.3. The molecule has 0 amide bonds. The summed E-state index contributed by atoms with van der Waals surface area (Å²) in [6.07, 6.45) is 1.37. The van der Waals surface area contributed by atoms with E-state index in [9.17, 15) is 10.2 Å². The van der Waals surface area contributed by atoms with Crippen molar-refractivity contribution < 1.29 is 15.3 Å². The van der Waals surface area contributed by atoms with Crippen molar-refractivity contribution in [3.63, 3.8) is 0 Å². The van der Waals surface area contributed by atoms with Gasteiger partial charge < -0.3 is 20.6 Å². The Balaban J connectivity index is 1.72. The van der Waals surface area contributed by atoms with Crippen molar-refractivity contribution in [2.75, 3.05) is 13.1 Å². The van der Waals surface area contributed by atoms with E-state index >= 15 is 0 Å². The molecule has 2 aromatic carbocycles. The van der Waals surface area contributed by atoms with Crippen LogP contribution in [-0.2, 0) is 13.0 Å². The average Bonchev–Trinajstić information content (AvgIpc) is 2.55. The summed E-state index contributed by atoms with van der Waals surface area (Å²) in [5, 5.41) is 32.0. The number of aliphatic hydroxyl groups is 2. The van der Waals surface area contributed by atoms with Gasteiger partial charge in [-0.2, -0.15) is 0 Å². The Bertz CT molecular complexity index is 572. The van der Waals surface area contributed by atoms with Crippen LogP contribution in [0.4, 0.5) is 0 Å². The van der Waals surface area contributed by atoms with E-state index in [-0.39, 0.29) is 12.4 Å². The molecular weight excluding hydrogens is 278 g/mol. The highest BCUT2D eigenvalue weighted by atomic mass is 16.3. The van der Waals surface area contributed by atoms with Crippen LogP contribution in [0.1, 0.15) is 29.2 Å². The topological polar surface area (TPSA) is 72.7 Å². The summed E-state index contributed by atoms with van der Waals surface area (Å²) in [7, 11) is 0. The van der Waals surface area contributed by atoms with E-state index in [1.165, 1.54) is 11.6 Å². The minimum absolute atomic E-state index is 0.0503. The minimum Gasteiger partial charge on any atom is -0.508 e. The van der Waals surface area contributed by atoms with Gasteiger partial charge in [0, 0.05) is 12.1 Å². The highest BCUT2D eigenvalue weighted by molar-refractivity contribution is 5.36. The summed E-state index contributed by atoms with van der Waals surface area (Å²) in [5.74, 6) is 0.0503. The molecule has 4 heteroatoms. The lowest BCUT2D eigenvalue weighted by molar-refractivity contribution is 0.174. The monoisotopic (exact) mass is 301 g/mol. The first-order valence-corrected chi connectivity index (χ1v) is 7.56. The lowest BCUT2D eigenvalue weighted by atomic mass is 10.1. The van der Waals surface area contributed by atoms with Gasteiger partial charge in [0.1, 0.15) is 5.75 Å². The van der Waals surface area contributed by atoms with Crippen LogP contribution in [0.5, 0.6) is 5.75 Å². The maximum Gasteiger partial charge on any atom is 0.121 e. The molecule has 0 aromatic heterocycles. The summed E-state index contributed by atoms with van der Waals surface area (Å²) in [6, 6.07) is 15.1. The van der Waals surface area contributed by atoms with Crippen molar-refractivity contribution in [3.8, 4) is 5.75 Å². The van der Waals surface area contributed by atoms with Crippen LogP contribution in [0.2, 0.25) is 0 Å². The molecule has 0 spiro atoms. The number of aliphatic hydroxyl groups excluding tert-OH is 2. The van der Waals surface area contributed by atoms with Crippen molar-refractivity contribution in [1.29, 1.82) is 0 Å². The molecule has 1 atom stereocenters. The molecule has 1 unspecified atom stereocenters. The highest BCUT2D eigenvalue weighted by Gasteiger charge is 2.09. The van der Waals surface area contributed by atoms with Crippen LogP contribution in [0.3, 0.4) is 0 Å². The Morgan fingerprint density at radius 2 is 1.82 bits per heavy atom. The van der Waals surface area contributed by atoms with Gasteiger partial charge in [-0.15, -0.1) is 0 Å². The average molecular weight is 301 g/mol. The Morgan fingerprint density at radius 3 is 2.55 bits per heavy atom. The molecule has 0 saturated heterocycles. The molecule has 0 saturated carbocycles. The molecule has 118 valence electrons. The van der Waals surface area contributed by atoms with Gasteiger partial charge in [0.2, 0.25) is 0 Å². The Morgan fingerprint density at radius 1 is 1.05 bits per heavy atom. The number of nitrogens with one attached hydrogen (secondary N) is 1. The van der Waals surface area contributed by atoms with Crippen LogP contribution in [0.25, 0.3) is 0 Å². The lowest BCUT2D eigenvalue weighted by Gasteiger charge is -2.14. The van der Waals surface area contributed by atoms with E-state index in [1.807, 2.05) is 18.2 Å². The predicted molar refractivity (Wildman–Crippen MR) is 86.6 cm³/mol. The Hall–Kier alpha value is -1.88. The number of rotatable bonds is 8. The zero-order valence-electron chi connectivity index (χ0n) is 12.6. The Kier molecular flexibility index (Phi) is 6.40. The number of aromatic hydroxyl groups is 1. The Labute approximate surface area is 131 Å². The van der Waals surface area contributed by atoms with Crippen molar-refractivity contribution >= 4 is 0 Å². The van der Waals surface area contributed by atoms with Crippen LogP contribution in [0.15, 0.2) is 48.5 Å². The molecule has 0 fully saturated rings. The zero-order valence-corrected chi connectivity index (χ0v) is 12.6. The summed E-state index contributed by atoms with van der Waals surface area (Å²) >= 11 is 0. The molecule has 0 aliphatic rings. The summed E-state index contributed by atoms with van der Waals surface area (Å²) in [5.41, 5.74) is 2.44. The molecule has 22 heavy (non-hydrogen) atoms. The second-order valence-electron chi connectivity index (χ2n) is 5.36. The van der Waals surface area contributed by atoms with Crippen molar-refractivity contribution in [3.05, 3.63) is 65.2 Å². The molecule has 4 N–H and O–H groups in total. The number of phenols is 1. The number of hydrogen-bond acceptors (Lipinski definition) is 4. The number of hydrogen-bond donors (Lipinski definition) is 4. The smallest absolute Gasteiger partial charge is 0.121 e. The standard InChI is InChI=1S/C18H23NO3/c20-13-16-11-15(8-9-17(16)21)18(22)12-19-10-4-7-14-5-2-1-3-6-14/h1-3,5-6,8-9,11,18-22H,4,7,10,12-13H2. The quantitative estimate of drug-likeness (QED) is 0.564.